The lowest BCUT2D eigenvalue weighted by atomic mass is 10.1. The zero-order chi connectivity index (χ0) is 14.8. The van der Waals surface area contributed by atoms with Gasteiger partial charge in [0.2, 0.25) is 0 Å². The van der Waals surface area contributed by atoms with Gasteiger partial charge in [-0.3, -0.25) is 0 Å². The van der Waals surface area contributed by atoms with Crippen LogP contribution in [0.3, 0.4) is 0 Å². The molecule has 0 saturated heterocycles. The van der Waals surface area contributed by atoms with Gasteiger partial charge in [-0.25, -0.2) is 9.18 Å². The number of halogens is 1. The fourth-order valence-electron chi connectivity index (χ4n) is 2.35. The Balaban J connectivity index is 1.87. The molecule has 0 saturated carbocycles. The van der Waals surface area contributed by atoms with Gasteiger partial charge < -0.3 is 10.1 Å². The first-order chi connectivity index (χ1) is 10.2. The molecule has 1 heterocycles. The Bertz CT molecular complexity index is 690. The quantitative estimate of drug-likeness (QED) is 0.874. The van der Waals surface area contributed by atoms with Crippen LogP contribution in [0, 0.1) is 5.82 Å². The fraction of sp³-hybridized carbons (Fsp3) is 0.188. The number of carbonyl (C=O) groups is 1. The van der Waals surface area contributed by atoms with E-state index >= 15 is 0 Å². The second kappa shape index (κ2) is 5.77. The van der Waals surface area contributed by atoms with Crippen molar-refractivity contribution >= 4 is 23.4 Å². The van der Waals surface area contributed by atoms with Gasteiger partial charge in [0, 0.05) is 10.6 Å². The average molecular weight is 303 g/mol. The van der Waals surface area contributed by atoms with Crippen molar-refractivity contribution in [3.05, 3.63) is 59.4 Å². The van der Waals surface area contributed by atoms with Crippen LogP contribution in [0.15, 0.2) is 47.4 Å². The molecule has 2 aromatic carbocycles. The number of thioether (sulfide) groups is 1. The van der Waals surface area contributed by atoms with Gasteiger partial charge in [-0.15, -0.1) is 11.8 Å². The summed E-state index contributed by atoms with van der Waals surface area (Å²) in [5.41, 5.74) is 1.81. The van der Waals surface area contributed by atoms with Gasteiger partial charge in [-0.05, 0) is 29.8 Å². The molecule has 1 aliphatic rings. The molecule has 5 heteroatoms. The second-order valence-electron chi connectivity index (χ2n) is 4.73. The summed E-state index contributed by atoms with van der Waals surface area (Å²) in [7, 11) is 1.31. The number of carbonyl (C=O) groups excluding carboxylic acids is 1. The number of hydrogen-bond donors (Lipinski definition) is 1. The molecule has 21 heavy (non-hydrogen) atoms. The molecule has 0 fully saturated rings. The number of nitrogens with one attached hydrogen (secondary N) is 1. The first-order valence-electron chi connectivity index (χ1n) is 6.55. The lowest BCUT2D eigenvalue weighted by molar-refractivity contribution is 0.0600. The number of ether oxygens (including phenoxy) is 1. The number of fused-ring (bicyclic) bond motifs is 1. The number of hydrogen-bond acceptors (Lipinski definition) is 4. The van der Waals surface area contributed by atoms with E-state index in [2.05, 4.69) is 16.1 Å². The van der Waals surface area contributed by atoms with Crippen LogP contribution in [-0.4, -0.2) is 18.8 Å². The van der Waals surface area contributed by atoms with Gasteiger partial charge in [0.05, 0.1) is 24.4 Å². The van der Waals surface area contributed by atoms with Crippen LogP contribution in [0.1, 0.15) is 22.0 Å². The molecule has 3 nitrogen and oxygen atoms in total. The van der Waals surface area contributed by atoms with E-state index in [0.717, 1.165) is 11.3 Å². The summed E-state index contributed by atoms with van der Waals surface area (Å²) in [6.45, 7) is 0. The monoisotopic (exact) mass is 303 g/mol. The van der Waals surface area contributed by atoms with Crippen LogP contribution in [0.25, 0.3) is 0 Å². The smallest absolute Gasteiger partial charge is 0.337 e. The Morgan fingerprint density at radius 1 is 1.33 bits per heavy atom. The lowest BCUT2D eigenvalue weighted by Crippen LogP contribution is -2.12. The van der Waals surface area contributed by atoms with Crippen LogP contribution >= 0.6 is 11.8 Å². The van der Waals surface area contributed by atoms with Gasteiger partial charge >= 0.3 is 5.97 Å². The van der Waals surface area contributed by atoms with Crippen LogP contribution in [0.5, 0.6) is 0 Å². The summed E-state index contributed by atoms with van der Waals surface area (Å²) in [6, 6.07) is 12.3. The summed E-state index contributed by atoms with van der Waals surface area (Å²) < 4.78 is 18.6. The predicted octanol–water partition coefficient (Wildman–Crippen LogP) is 3.87. The van der Waals surface area contributed by atoms with Gasteiger partial charge in [0.15, 0.2) is 0 Å². The van der Waals surface area contributed by atoms with E-state index in [4.69, 9.17) is 0 Å². The normalized spacial score (nSPS) is 16.4. The Kier molecular flexibility index (Phi) is 3.84. The number of anilines is 1. The number of benzene rings is 2. The Labute approximate surface area is 126 Å². The van der Waals surface area contributed by atoms with E-state index in [1.807, 2.05) is 18.2 Å². The van der Waals surface area contributed by atoms with Gasteiger partial charge in [0.25, 0.3) is 0 Å². The molecule has 0 aliphatic carbocycles. The van der Waals surface area contributed by atoms with E-state index in [1.54, 1.807) is 11.8 Å². The molecule has 0 spiro atoms. The minimum atomic E-state index is -0.473. The first kappa shape index (κ1) is 13.9. The summed E-state index contributed by atoms with van der Waals surface area (Å²) in [4.78, 5) is 12.7. The van der Waals surface area contributed by atoms with Crippen molar-refractivity contribution in [2.45, 2.75) is 10.9 Å². The summed E-state index contributed by atoms with van der Waals surface area (Å²) in [5.74, 6) is -0.0161. The molecule has 1 N–H and O–H groups in total. The van der Waals surface area contributed by atoms with E-state index in [-0.39, 0.29) is 11.9 Å². The van der Waals surface area contributed by atoms with Crippen molar-refractivity contribution in [2.24, 2.45) is 0 Å². The maximum atomic E-state index is 13.9. The Hall–Kier alpha value is -2.01. The van der Waals surface area contributed by atoms with Crippen LogP contribution in [0.2, 0.25) is 0 Å². The fourth-order valence-corrected chi connectivity index (χ4v) is 3.51. The highest BCUT2D eigenvalue weighted by Gasteiger charge is 2.23. The molecule has 0 aromatic heterocycles. The zero-order valence-electron chi connectivity index (χ0n) is 11.4. The highest BCUT2D eigenvalue weighted by Crippen LogP contribution is 2.39. The van der Waals surface area contributed by atoms with Crippen LogP contribution < -0.4 is 5.32 Å². The molecule has 1 unspecified atom stereocenters. The summed E-state index contributed by atoms with van der Waals surface area (Å²) in [5, 5.41) is 3.18. The van der Waals surface area contributed by atoms with Gasteiger partial charge in [0.1, 0.15) is 5.82 Å². The molecular formula is C16H14FNO2S. The van der Waals surface area contributed by atoms with E-state index in [1.165, 1.54) is 30.2 Å². The lowest BCUT2D eigenvalue weighted by Gasteiger charge is -2.16. The molecule has 108 valence electrons. The third kappa shape index (κ3) is 2.74. The molecular weight excluding hydrogens is 289 g/mol. The van der Waals surface area contributed by atoms with Crippen molar-refractivity contribution in [3.63, 3.8) is 0 Å². The number of methoxy groups -OCH3 is 1. The first-order valence-corrected chi connectivity index (χ1v) is 7.53. The van der Waals surface area contributed by atoms with Gasteiger partial charge in [-0.1, -0.05) is 18.2 Å². The van der Waals surface area contributed by atoms with Gasteiger partial charge in [-0.2, -0.15) is 0 Å². The molecule has 3 rings (SSSR count). The molecule has 0 amide bonds. The third-order valence-corrected chi connectivity index (χ3v) is 4.60. The van der Waals surface area contributed by atoms with Crippen molar-refractivity contribution in [1.82, 2.24) is 0 Å². The Morgan fingerprint density at radius 2 is 2.14 bits per heavy atom. The van der Waals surface area contributed by atoms with Crippen molar-refractivity contribution < 1.29 is 13.9 Å². The molecule has 0 bridgehead atoms. The van der Waals surface area contributed by atoms with Crippen LogP contribution in [-0.2, 0) is 4.74 Å². The maximum absolute atomic E-state index is 13.9. The largest absolute Gasteiger partial charge is 0.465 e. The van der Waals surface area contributed by atoms with Crippen molar-refractivity contribution in [3.8, 4) is 0 Å². The Morgan fingerprint density at radius 3 is 2.95 bits per heavy atom. The minimum Gasteiger partial charge on any atom is -0.465 e. The summed E-state index contributed by atoms with van der Waals surface area (Å²) >= 11 is 1.74. The maximum Gasteiger partial charge on any atom is 0.337 e. The van der Waals surface area contributed by atoms with Crippen molar-refractivity contribution in [1.29, 1.82) is 0 Å². The number of esters is 1. The standard InChI is InChI=1S/C16H14FNO2S/c1-20-16(19)10-6-7-12(17)13(8-10)18-14-9-21-15-5-3-2-4-11(14)15/h2-8,14,18H,9H2,1H3. The topological polar surface area (TPSA) is 38.3 Å². The van der Waals surface area contributed by atoms with Crippen molar-refractivity contribution in [2.75, 3.05) is 18.2 Å². The zero-order valence-corrected chi connectivity index (χ0v) is 12.2. The average Bonchev–Trinajstić information content (AvgIpc) is 2.92. The summed E-state index contributed by atoms with van der Waals surface area (Å²) in [6.07, 6.45) is 0. The minimum absolute atomic E-state index is 0.0357. The highest BCUT2D eigenvalue weighted by molar-refractivity contribution is 7.99. The number of rotatable bonds is 3. The molecule has 1 atom stereocenters. The van der Waals surface area contributed by atoms with E-state index in [9.17, 15) is 9.18 Å². The highest BCUT2D eigenvalue weighted by atomic mass is 32.2. The SMILES string of the molecule is COC(=O)c1ccc(F)c(NC2CSc3ccccc32)c1. The molecule has 2 aromatic rings. The predicted molar refractivity (Wildman–Crippen MR) is 81.3 cm³/mol. The van der Waals surface area contributed by atoms with E-state index < -0.39 is 5.97 Å². The van der Waals surface area contributed by atoms with Crippen LogP contribution in [0.4, 0.5) is 10.1 Å². The van der Waals surface area contributed by atoms with E-state index in [0.29, 0.717) is 11.3 Å². The second-order valence-corrected chi connectivity index (χ2v) is 5.79. The molecule has 1 aliphatic heterocycles. The molecule has 0 radical (unpaired) electrons. The third-order valence-electron chi connectivity index (χ3n) is 3.42.